The first-order chi connectivity index (χ1) is 9.72. The molecule has 1 aromatic heterocycles. The first-order valence-corrected chi connectivity index (χ1v) is 7.63. The molecule has 1 aromatic rings. The Balaban J connectivity index is 1.85. The molecule has 1 amide bonds. The molecule has 0 aromatic carbocycles. The van der Waals surface area contributed by atoms with Crippen LogP contribution in [-0.4, -0.2) is 41.5 Å². The molecule has 110 valence electrons. The minimum Gasteiger partial charge on any atom is -0.339 e. The van der Waals surface area contributed by atoms with Crippen LogP contribution >= 0.6 is 0 Å². The molecule has 4 nitrogen and oxygen atoms in total. The lowest BCUT2D eigenvalue weighted by Gasteiger charge is -2.35. The largest absolute Gasteiger partial charge is 0.339 e. The quantitative estimate of drug-likeness (QED) is 0.898. The Labute approximate surface area is 121 Å². The maximum absolute atomic E-state index is 12.4. The van der Waals surface area contributed by atoms with E-state index in [1.165, 1.54) is 19.3 Å². The fraction of sp³-hybridized carbons (Fsp3) is 0.625. The summed E-state index contributed by atoms with van der Waals surface area (Å²) in [6, 6.07) is 4.58. The van der Waals surface area contributed by atoms with Crippen LogP contribution in [0.5, 0.6) is 0 Å². The minimum absolute atomic E-state index is 0.109. The van der Waals surface area contributed by atoms with E-state index in [-0.39, 0.29) is 5.91 Å². The minimum atomic E-state index is 0.109. The first kappa shape index (κ1) is 15.0. The fourth-order valence-electron chi connectivity index (χ4n) is 2.88. The van der Waals surface area contributed by atoms with E-state index in [2.05, 4.69) is 17.2 Å². The van der Waals surface area contributed by atoms with Gasteiger partial charge in [-0.1, -0.05) is 6.92 Å². The standard InChI is InChI=1S/C16H25N3O/c1-3-10-18-14-4-6-15(7-5-14)19(2)16(20)13-8-11-17-12-9-13/h8-9,11-12,14-15,18H,3-7,10H2,1-2H3. The van der Waals surface area contributed by atoms with Gasteiger partial charge in [0.25, 0.3) is 5.91 Å². The molecule has 0 radical (unpaired) electrons. The van der Waals surface area contributed by atoms with Crippen LogP contribution in [0, 0.1) is 0 Å². The van der Waals surface area contributed by atoms with Crippen LogP contribution in [0.25, 0.3) is 0 Å². The molecule has 1 N–H and O–H groups in total. The second-order valence-electron chi connectivity index (χ2n) is 5.61. The normalized spacial score (nSPS) is 22.5. The smallest absolute Gasteiger partial charge is 0.253 e. The van der Waals surface area contributed by atoms with Crippen molar-refractivity contribution in [1.29, 1.82) is 0 Å². The lowest BCUT2D eigenvalue weighted by molar-refractivity contribution is 0.0684. The Morgan fingerprint density at radius 3 is 2.55 bits per heavy atom. The van der Waals surface area contributed by atoms with Gasteiger partial charge in [-0.3, -0.25) is 9.78 Å². The van der Waals surface area contributed by atoms with Gasteiger partial charge in [0.15, 0.2) is 0 Å². The molecule has 0 atom stereocenters. The van der Waals surface area contributed by atoms with Crippen molar-refractivity contribution in [2.24, 2.45) is 0 Å². The van der Waals surface area contributed by atoms with E-state index in [0.717, 1.165) is 24.9 Å². The highest BCUT2D eigenvalue weighted by atomic mass is 16.2. The van der Waals surface area contributed by atoms with Gasteiger partial charge in [0.05, 0.1) is 0 Å². The maximum Gasteiger partial charge on any atom is 0.253 e. The Hall–Kier alpha value is -1.42. The summed E-state index contributed by atoms with van der Waals surface area (Å²) in [6.45, 7) is 3.29. The summed E-state index contributed by atoms with van der Waals surface area (Å²) in [6.07, 6.45) is 9.04. The first-order valence-electron chi connectivity index (χ1n) is 7.63. The number of carbonyl (C=O) groups is 1. The van der Waals surface area contributed by atoms with E-state index >= 15 is 0 Å². The Morgan fingerprint density at radius 2 is 1.95 bits per heavy atom. The van der Waals surface area contributed by atoms with Gasteiger partial charge in [0.1, 0.15) is 0 Å². The summed E-state index contributed by atoms with van der Waals surface area (Å²) in [4.78, 5) is 18.2. The van der Waals surface area contributed by atoms with Crippen LogP contribution in [0.15, 0.2) is 24.5 Å². The average molecular weight is 275 g/mol. The molecule has 0 bridgehead atoms. The number of hydrogen-bond donors (Lipinski definition) is 1. The molecule has 1 aliphatic rings. The van der Waals surface area contributed by atoms with Gasteiger partial charge >= 0.3 is 0 Å². The summed E-state index contributed by atoms with van der Waals surface area (Å²) >= 11 is 0. The van der Waals surface area contributed by atoms with Crippen LogP contribution in [0.4, 0.5) is 0 Å². The summed E-state index contributed by atoms with van der Waals surface area (Å²) in [7, 11) is 1.92. The third-order valence-corrected chi connectivity index (χ3v) is 4.18. The SMILES string of the molecule is CCCNC1CCC(N(C)C(=O)c2ccncc2)CC1. The van der Waals surface area contributed by atoms with Crippen molar-refractivity contribution in [3.63, 3.8) is 0 Å². The second kappa shape index (κ2) is 7.39. The number of rotatable bonds is 5. The Bertz CT molecular complexity index is 413. The maximum atomic E-state index is 12.4. The zero-order chi connectivity index (χ0) is 14.4. The third kappa shape index (κ3) is 3.79. The Kier molecular flexibility index (Phi) is 5.53. The van der Waals surface area contributed by atoms with E-state index < -0.39 is 0 Å². The zero-order valence-electron chi connectivity index (χ0n) is 12.5. The topological polar surface area (TPSA) is 45.2 Å². The van der Waals surface area contributed by atoms with E-state index in [9.17, 15) is 4.79 Å². The van der Waals surface area contributed by atoms with Crippen LogP contribution in [-0.2, 0) is 0 Å². The van der Waals surface area contributed by atoms with Gasteiger partial charge in [-0.2, -0.15) is 0 Å². The lowest BCUT2D eigenvalue weighted by Crippen LogP contribution is -2.43. The predicted octanol–water partition coefficient (Wildman–Crippen LogP) is 2.46. The highest BCUT2D eigenvalue weighted by Gasteiger charge is 2.26. The molecule has 0 aliphatic heterocycles. The van der Waals surface area contributed by atoms with Crippen LogP contribution in [0.3, 0.4) is 0 Å². The molecular formula is C16H25N3O. The molecule has 1 heterocycles. The van der Waals surface area contributed by atoms with Crippen LogP contribution in [0.1, 0.15) is 49.4 Å². The fourth-order valence-corrected chi connectivity index (χ4v) is 2.88. The molecule has 0 unspecified atom stereocenters. The van der Waals surface area contributed by atoms with E-state index in [1.807, 2.05) is 11.9 Å². The Morgan fingerprint density at radius 1 is 1.30 bits per heavy atom. The molecule has 0 saturated heterocycles. The van der Waals surface area contributed by atoms with Crippen LogP contribution in [0.2, 0.25) is 0 Å². The van der Waals surface area contributed by atoms with Gasteiger partial charge in [-0.05, 0) is 50.8 Å². The zero-order valence-corrected chi connectivity index (χ0v) is 12.5. The van der Waals surface area contributed by atoms with E-state index in [1.54, 1.807) is 24.5 Å². The van der Waals surface area contributed by atoms with Crippen molar-refractivity contribution >= 4 is 5.91 Å². The number of hydrogen-bond acceptors (Lipinski definition) is 3. The van der Waals surface area contributed by atoms with Gasteiger partial charge in [0, 0.05) is 37.1 Å². The average Bonchev–Trinajstić information content (AvgIpc) is 2.53. The molecule has 4 heteroatoms. The number of amides is 1. The number of carbonyl (C=O) groups excluding carboxylic acids is 1. The molecule has 0 spiro atoms. The van der Waals surface area contributed by atoms with Crippen LogP contribution < -0.4 is 5.32 Å². The van der Waals surface area contributed by atoms with Crippen molar-refractivity contribution in [2.45, 2.75) is 51.1 Å². The van der Waals surface area contributed by atoms with E-state index in [0.29, 0.717) is 12.1 Å². The van der Waals surface area contributed by atoms with E-state index in [4.69, 9.17) is 0 Å². The molecule has 1 fully saturated rings. The van der Waals surface area contributed by atoms with Crippen molar-refractivity contribution in [2.75, 3.05) is 13.6 Å². The number of pyridine rings is 1. The predicted molar refractivity (Wildman–Crippen MR) is 80.7 cm³/mol. The number of nitrogens with zero attached hydrogens (tertiary/aromatic N) is 2. The summed E-state index contributed by atoms with van der Waals surface area (Å²) < 4.78 is 0. The highest BCUT2D eigenvalue weighted by molar-refractivity contribution is 5.94. The van der Waals surface area contributed by atoms with Crippen molar-refractivity contribution in [3.8, 4) is 0 Å². The molecule has 1 saturated carbocycles. The summed E-state index contributed by atoms with van der Waals surface area (Å²) in [5.74, 6) is 0.109. The number of aromatic nitrogens is 1. The third-order valence-electron chi connectivity index (χ3n) is 4.18. The lowest BCUT2D eigenvalue weighted by atomic mass is 9.90. The second-order valence-corrected chi connectivity index (χ2v) is 5.61. The van der Waals surface area contributed by atoms with Gasteiger partial charge in [0.2, 0.25) is 0 Å². The van der Waals surface area contributed by atoms with Gasteiger partial charge in [-0.25, -0.2) is 0 Å². The van der Waals surface area contributed by atoms with Crippen molar-refractivity contribution in [1.82, 2.24) is 15.2 Å². The molecule has 2 rings (SSSR count). The van der Waals surface area contributed by atoms with Crippen molar-refractivity contribution < 1.29 is 4.79 Å². The molecule has 1 aliphatic carbocycles. The monoisotopic (exact) mass is 275 g/mol. The summed E-state index contributed by atoms with van der Waals surface area (Å²) in [5, 5.41) is 3.58. The molecule has 20 heavy (non-hydrogen) atoms. The van der Waals surface area contributed by atoms with Gasteiger partial charge < -0.3 is 10.2 Å². The highest BCUT2D eigenvalue weighted by Crippen LogP contribution is 2.23. The number of nitrogens with one attached hydrogen (secondary N) is 1. The van der Waals surface area contributed by atoms with Gasteiger partial charge in [-0.15, -0.1) is 0 Å². The summed E-state index contributed by atoms with van der Waals surface area (Å²) in [5.41, 5.74) is 0.730. The van der Waals surface area contributed by atoms with Crippen molar-refractivity contribution in [3.05, 3.63) is 30.1 Å². The molecular weight excluding hydrogens is 250 g/mol.